The molecule has 0 aliphatic rings. The summed E-state index contributed by atoms with van der Waals surface area (Å²) in [5.41, 5.74) is 6.56. The van der Waals surface area contributed by atoms with Gasteiger partial charge in [-0.05, 0) is 12.1 Å². The van der Waals surface area contributed by atoms with Crippen LogP contribution in [0.15, 0.2) is 24.5 Å². The van der Waals surface area contributed by atoms with Gasteiger partial charge in [0, 0.05) is 18.3 Å². The number of hydrogen-bond donors (Lipinski definition) is 1. The molecule has 0 aromatic carbocycles. The van der Waals surface area contributed by atoms with E-state index in [9.17, 15) is 18.0 Å². The number of alkyl halides is 3. The highest BCUT2D eigenvalue weighted by atomic mass is 19.4. The number of rotatable bonds is 3. The fourth-order valence-electron chi connectivity index (χ4n) is 1.60. The topological polar surface area (TPSA) is 60.4 Å². The number of carbonyl (C=O) groups is 1. The summed E-state index contributed by atoms with van der Waals surface area (Å²) in [6, 6.07) is 3.10. The number of carbonyl (C=O) groups excluding carboxylic acids is 1. The average Bonchev–Trinajstić information content (AvgIpc) is 2.67. The van der Waals surface area contributed by atoms with Crippen molar-refractivity contribution in [3.63, 3.8) is 0 Å². The predicted octanol–water partition coefficient (Wildman–Crippen LogP) is 2.44. The lowest BCUT2D eigenvalue weighted by molar-refractivity contribution is -0.133. The van der Waals surface area contributed by atoms with Gasteiger partial charge < -0.3 is 5.73 Å². The molecule has 0 saturated carbocycles. The summed E-state index contributed by atoms with van der Waals surface area (Å²) in [5, 5.41) is 3.88. The SMILES string of the molecule is Nc1ccn2ncc(C(=O)CCC(F)(F)F)c2c1. The van der Waals surface area contributed by atoms with Crippen LogP contribution in [0.3, 0.4) is 0 Å². The third-order valence-electron chi connectivity index (χ3n) is 2.48. The van der Waals surface area contributed by atoms with Crippen molar-refractivity contribution in [1.29, 1.82) is 0 Å². The van der Waals surface area contributed by atoms with Gasteiger partial charge in [0.25, 0.3) is 0 Å². The lowest BCUT2D eigenvalue weighted by atomic mass is 10.1. The molecule has 2 aromatic rings. The molecule has 0 unspecified atom stereocenters. The van der Waals surface area contributed by atoms with Gasteiger partial charge in [-0.15, -0.1) is 0 Å². The van der Waals surface area contributed by atoms with E-state index < -0.39 is 24.8 Å². The maximum Gasteiger partial charge on any atom is 0.389 e. The first-order valence-corrected chi connectivity index (χ1v) is 5.19. The van der Waals surface area contributed by atoms with Crippen molar-refractivity contribution in [2.75, 3.05) is 5.73 Å². The van der Waals surface area contributed by atoms with Crippen molar-refractivity contribution >= 4 is 17.0 Å². The Labute approximate surface area is 100 Å². The largest absolute Gasteiger partial charge is 0.399 e. The lowest BCUT2D eigenvalue weighted by Gasteiger charge is -2.04. The van der Waals surface area contributed by atoms with Crippen LogP contribution in [0.2, 0.25) is 0 Å². The van der Waals surface area contributed by atoms with E-state index >= 15 is 0 Å². The number of anilines is 1. The number of hydrogen-bond acceptors (Lipinski definition) is 3. The van der Waals surface area contributed by atoms with Crippen molar-refractivity contribution in [3.8, 4) is 0 Å². The number of nitrogen functional groups attached to an aromatic ring is 1. The Bertz CT molecular complexity index is 589. The minimum absolute atomic E-state index is 0.159. The molecule has 0 saturated heterocycles. The molecule has 0 fully saturated rings. The van der Waals surface area contributed by atoms with Gasteiger partial charge in [0.05, 0.1) is 23.7 Å². The van der Waals surface area contributed by atoms with Crippen LogP contribution in [0.1, 0.15) is 23.2 Å². The molecule has 18 heavy (non-hydrogen) atoms. The predicted molar refractivity (Wildman–Crippen MR) is 59.2 cm³/mol. The van der Waals surface area contributed by atoms with E-state index in [1.54, 1.807) is 12.3 Å². The van der Waals surface area contributed by atoms with Crippen LogP contribution >= 0.6 is 0 Å². The number of fused-ring (bicyclic) bond motifs is 1. The first-order valence-electron chi connectivity index (χ1n) is 5.19. The number of Topliss-reactive ketones (excluding diaryl/α,β-unsaturated/α-hetero) is 1. The summed E-state index contributed by atoms with van der Waals surface area (Å²) < 4.78 is 37.5. The van der Waals surface area contributed by atoms with Crippen LogP contribution in [-0.4, -0.2) is 21.6 Å². The summed E-state index contributed by atoms with van der Waals surface area (Å²) in [6.07, 6.45) is -3.25. The van der Waals surface area contributed by atoms with E-state index in [4.69, 9.17) is 5.73 Å². The molecule has 2 aromatic heterocycles. The summed E-state index contributed by atoms with van der Waals surface area (Å²) >= 11 is 0. The first kappa shape index (κ1) is 12.4. The maximum absolute atomic E-state index is 12.0. The fraction of sp³-hybridized carbons (Fsp3) is 0.273. The number of aromatic nitrogens is 2. The molecule has 7 heteroatoms. The molecule has 0 spiro atoms. The number of halogens is 3. The zero-order valence-corrected chi connectivity index (χ0v) is 9.24. The summed E-state index contributed by atoms with van der Waals surface area (Å²) in [4.78, 5) is 11.7. The summed E-state index contributed by atoms with van der Waals surface area (Å²) in [6.45, 7) is 0. The van der Waals surface area contributed by atoms with E-state index in [1.165, 1.54) is 16.8 Å². The minimum Gasteiger partial charge on any atom is -0.399 e. The lowest BCUT2D eigenvalue weighted by Crippen LogP contribution is -2.10. The van der Waals surface area contributed by atoms with Gasteiger partial charge in [0.2, 0.25) is 0 Å². The third-order valence-corrected chi connectivity index (χ3v) is 2.48. The Hall–Kier alpha value is -2.05. The Morgan fingerprint density at radius 2 is 2.17 bits per heavy atom. The van der Waals surface area contributed by atoms with Gasteiger partial charge in [-0.25, -0.2) is 4.52 Å². The molecule has 0 aliphatic carbocycles. The normalized spacial score (nSPS) is 11.9. The van der Waals surface area contributed by atoms with Crippen LogP contribution < -0.4 is 5.73 Å². The highest BCUT2D eigenvalue weighted by Gasteiger charge is 2.28. The van der Waals surface area contributed by atoms with E-state index in [0.29, 0.717) is 11.2 Å². The number of nitrogens with zero attached hydrogens (tertiary/aromatic N) is 2. The van der Waals surface area contributed by atoms with Crippen LogP contribution in [0, 0.1) is 0 Å². The average molecular weight is 257 g/mol. The van der Waals surface area contributed by atoms with Gasteiger partial charge in [-0.3, -0.25) is 4.79 Å². The maximum atomic E-state index is 12.0. The van der Waals surface area contributed by atoms with E-state index in [1.807, 2.05) is 0 Å². The standard InChI is InChI=1S/C11H10F3N3O/c12-11(13,14)3-1-10(18)8-6-16-17-4-2-7(15)5-9(8)17/h2,4-6H,1,3,15H2. The van der Waals surface area contributed by atoms with E-state index in [0.717, 1.165) is 0 Å². The monoisotopic (exact) mass is 257 g/mol. The molecular formula is C11H10F3N3O. The zero-order chi connectivity index (χ0) is 13.3. The van der Waals surface area contributed by atoms with Crippen molar-refractivity contribution in [1.82, 2.24) is 9.61 Å². The van der Waals surface area contributed by atoms with Gasteiger partial charge in [-0.2, -0.15) is 18.3 Å². The summed E-state index contributed by atoms with van der Waals surface area (Å²) in [7, 11) is 0. The molecule has 0 atom stereocenters. The van der Waals surface area contributed by atoms with Crippen LogP contribution in [0.25, 0.3) is 5.52 Å². The van der Waals surface area contributed by atoms with Gasteiger partial charge >= 0.3 is 6.18 Å². The molecule has 2 N–H and O–H groups in total. The molecule has 2 rings (SSSR count). The molecule has 0 radical (unpaired) electrons. The van der Waals surface area contributed by atoms with Crippen molar-refractivity contribution < 1.29 is 18.0 Å². The Kier molecular flexibility index (Phi) is 2.98. The second kappa shape index (κ2) is 4.32. The highest BCUT2D eigenvalue weighted by molar-refractivity contribution is 6.02. The van der Waals surface area contributed by atoms with Crippen molar-refractivity contribution in [2.45, 2.75) is 19.0 Å². The van der Waals surface area contributed by atoms with Gasteiger partial charge in [-0.1, -0.05) is 0 Å². The number of pyridine rings is 1. The third kappa shape index (κ3) is 2.61. The quantitative estimate of drug-likeness (QED) is 0.859. The smallest absolute Gasteiger partial charge is 0.389 e. The second-order valence-corrected chi connectivity index (χ2v) is 3.89. The Morgan fingerprint density at radius 1 is 1.44 bits per heavy atom. The molecule has 4 nitrogen and oxygen atoms in total. The minimum atomic E-state index is -4.34. The number of ketones is 1. The second-order valence-electron chi connectivity index (χ2n) is 3.89. The molecule has 0 amide bonds. The van der Waals surface area contributed by atoms with Crippen molar-refractivity contribution in [2.24, 2.45) is 0 Å². The van der Waals surface area contributed by atoms with Crippen molar-refractivity contribution in [3.05, 3.63) is 30.1 Å². The van der Waals surface area contributed by atoms with Crippen LogP contribution in [0.4, 0.5) is 18.9 Å². The zero-order valence-electron chi connectivity index (χ0n) is 9.24. The first-order chi connectivity index (χ1) is 8.37. The molecule has 0 aliphatic heterocycles. The molecular weight excluding hydrogens is 247 g/mol. The van der Waals surface area contributed by atoms with E-state index in [-0.39, 0.29) is 5.56 Å². The number of nitrogens with two attached hydrogens (primary N) is 1. The van der Waals surface area contributed by atoms with Crippen LogP contribution in [-0.2, 0) is 0 Å². The van der Waals surface area contributed by atoms with Crippen LogP contribution in [0.5, 0.6) is 0 Å². The molecule has 0 bridgehead atoms. The highest BCUT2D eigenvalue weighted by Crippen LogP contribution is 2.24. The molecule has 2 heterocycles. The Morgan fingerprint density at radius 3 is 2.83 bits per heavy atom. The summed E-state index contributed by atoms with van der Waals surface area (Å²) in [5.74, 6) is -0.590. The van der Waals surface area contributed by atoms with E-state index in [2.05, 4.69) is 5.10 Å². The van der Waals surface area contributed by atoms with Gasteiger partial charge in [0.1, 0.15) is 0 Å². The molecule has 96 valence electrons. The van der Waals surface area contributed by atoms with Gasteiger partial charge in [0.15, 0.2) is 5.78 Å². The Balaban J connectivity index is 2.25. The fourth-order valence-corrected chi connectivity index (χ4v) is 1.60.